The molecule has 5 heteroatoms. The van der Waals surface area contributed by atoms with E-state index in [1.165, 1.54) is 25.3 Å². The van der Waals surface area contributed by atoms with Crippen LogP contribution in [0.2, 0.25) is 0 Å². The molecule has 0 aliphatic carbocycles. The Labute approximate surface area is 106 Å². The number of nitrogens with one attached hydrogen (secondary N) is 1. The maximum Gasteiger partial charge on any atom is 0.251 e. The molecule has 1 unspecified atom stereocenters. The average Bonchev–Trinajstić information content (AvgIpc) is 2.36. The number of halogens is 1. The largest absolute Gasteiger partial charge is 0.494 e. The van der Waals surface area contributed by atoms with Gasteiger partial charge in [0.05, 0.1) is 7.11 Å². The molecule has 2 N–H and O–H groups in total. The second-order valence-electron chi connectivity index (χ2n) is 4.09. The predicted molar refractivity (Wildman–Crippen MR) is 66.2 cm³/mol. The molecular formula is C13H18FNO3. The third-order valence-corrected chi connectivity index (χ3v) is 2.59. The smallest absolute Gasteiger partial charge is 0.251 e. The van der Waals surface area contributed by atoms with E-state index in [0.29, 0.717) is 18.4 Å². The van der Waals surface area contributed by atoms with Gasteiger partial charge in [0.25, 0.3) is 5.91 Å². The number of methoxy groups -OCH3 is 1. The molecule has 0 saturated heterocycles. The molecule has 0 aliphatic heterocycles. The first-order valence-electron chi connectivity index (χ1n) is 5.83. The lowest BCUT2D eigenvalue weighted by Crippen LogP contribution is -2.32. The van der Waals surface area contributed by atoms with E-state index in [1.807, 2.05) is 6.92 Å². The molecule has 1 atom stereocenters. The molecule has 0 radical (unpaired) electrons. The summed E-state index contributed by atoms with van der Waals surface area (Å²) in [7, 11) is 1.35. The molecule has 18 heavy (non-hydrogen) atoms. The normalized spacial score (nSPS) is 12.0. The second kappa shape index (κ2) is 6.96. The first-order chi connectivity index (χ1) is 8.58. The van der Waals surface area contributed by atoms with Crippen molar-refractivity contribution in [2.45, 2.75) is 25.8 Å². The van der Waals surface area contributed by atoms with E-state index in [-0.39, 0.29) is 24.3 Å². The van der Waals surface area contributed by atoms with Gasteiger partial charge in [0.2, 0.25) is 0 Å². The van der Waals surface area contributed by atoms with Crippen LogP contribution >= 0.6 is 0 Å². The fourth-order valence-electron chi connectivity index (χ4n) is 1.58. The summed E-state index contributed by atoms with van der Waals surface area (Å²) in [5, 5.41) is 11.5. The van der Waals surface area contributed by atoms with E-state index in [2.05, 4.69) is 5.32 Å². The highest BCUT2D eigenvalue weighted by atomic mass is 19.1. The summed E-state index contributed by atoms with van der Waals surface area (Å²) in [5.74, 6) is -0.730. The van der Waals surface area contributed by atoms with Crippen molar-refractivity contribution in [3.8, 4) is 5.75 Å². The maximum absolute atomic E-state index is 13.2. The third-order valence-electron chi connectivity index (χ3n) is 2.59. The van der Waals surface area contributed by atoms with Gasteiger partial charge in [0, 0.05) is 18.2 Å². The minimum Gasteiger partial charge on any atom is -0.494 e. The minimum absolute atomic E-state index is 0.0410. The summed E-state index contributed by atoms with van der Waals surface area (Å²) in [4.78, 5) is 11.8. The first kappa shape index (κ1) is 14.4. The zero-order chi connectivity index (χ0) is 13.5. The second-order valence-corrected chi connectivity index (χ2v) is 4.09. The molecule has 1 aromatic rings. The molecule has 1 aromatic carbocycles. The third kappa shape index (κ3) is 4.00. The van der Waals surface area contributed by atoms with Crippen molar-refractivity contribution >= 4 is 5.91 Å². The van der Waals surface area contributed by atoms with Gasteiger partial charge in [-0.25, -0.2) is 4.39 Å². The Bertz CT molecular complexity index is 409. The van der Waals surface area contributed by atoms with Crippen LogP contribution in [0.3, 0.4) is 0 Å². The highest BCUT2D eigenvalue weighted by Gasteiger charge is 2.12. The van der Waals surface area contributed by atoms with Crippen molar-refractivity contribution in [2.24, 2.45) is 0 Å². The van der Waals surface area contributed by atoms with Gasteiger partial charge in [-0.3, -0.25) is 4.79 Å². The van der Waals surface area contributed by atoms with Crippen molar-refractivity contribution in [3.05, 3.63) is 29.6 Å². The van der Waals surface area contributed by atoms with Crippen LogP contribution < -0.4 is 10.1 Å². The number of amides is 1. The van der Waals surface area contributed by atoms with Crippen LogP contribution in [-0.4, -0.2) is 30.8 Å². The van der Waals surface area contributed by atoms with Crippen molar-refractivity contribution < 1.29 is 19.0 Å². The molecule has 1 rings (SSSR count). The number of carbonyl (C=O) groups is 1. The number of rotatable bonds is 6. The molecule has 1 amide bonds. The van der Waals surface area contributed by atoms with Crippen molar-refractivity contribution in [3.63, 3.8) is 0 Å². The predicted octanol–water partition coefficient (Wildman–Crippen LogP) is 1.73. The minimum atomic E-state index is -0.498. The Morgan fingerprint density at radius 1 is 1.56 bits per heavy atom. The molecule has 0 aromatic heterocycles. The fourth-order valence-corrected chi connectivity index (χ4v) is 1.58. The lowest BCUT2D eigenvalue weighted by molar-refractivity contribution is 0.0936. The molecule has 4 nitrogen and oxygen atoms in total. The zero-order valence-electron chi connectivity index (χ0n) is 10.6. The van der Waals surface area contributed by atoms with E-state index in [4.69, 9.17) is 9.84 Å². The maximum atomic E-state index is 13.2. The van der Waals surface area contributed by atoms with Crippen molar-refractivity contribution in [1.29, 1.82) is 0 Å². The van der Waals surface area contributed by atoms with Crippen molar-refractivity contribution in [1.82, 2.24) is 5.32 Å². The summed E-state index contributed by atoms with van der Waals surface area (Å²) in [6.07, 6.45) is 1.33. The Morgan fingerprint density at radius 2 is 2.28 bits per heavy atom. The molecule has 0 heterocycles. The van der Waals surface area contributed by atoms with Gasteiger partial charge in [-0.05, 0) is 38.0 Å². The van der Waals surface area contributed by atoms with Gasteiger partial charge in [0.1, 0.15) is 0 Å². The number of aliphatic hydroxyl groups excluding tert-OH is 1. The monoisotopic (exact) mass is 255 g/mol. The number of hydrogen-bond acceptors (Lipinski definition) is 3. The van der Waals surface area contributed by atoms with Gasteiger partial charge in [-0.2, -0.15) is 0 Å². The zero-order valence-corrected chi connectivity index (χ0v) is 10.6. The molecule has 0 spiro atoms. The highest BCUT2D eigenvalue weighted by molar-refractivity contribution is 5.94. The summed E-state index contributed by atoms with van der Waals surface area (Å²) in [5.41, 5.74) is 0.351. The quantitative estimate of drug-likeness (QED) is 0.813. The molecule has 0 fully saturated rings. The molecule has 100 valence electrons. The Balaban J connectivity index is 2.66. The van der Waals surface area contributed by atoms with Crippen LogP contribution in [0.25, 0.3) is 0 Å². The summed E-state index contributed by atoms with van der Waals surface area (Å²) >= 11 is 0. The standard InChI is InChI=1S/C13H18FNO3/c1-9(4-3-7-16)15-13(17)10-5-6-11(14)12(8-10)18-2/h5-6,8-9,16H,3-4,7H2,1-2H3,(H,15,17). The molecular weight excluding hydrogens is 237 g/mol. The van der Waals surface area contributed by atoms with Gasteiger partial charge in [-0.1, -0.05) is 0 Å². The van der Waals surface area contributed by atoms with E-state index in [1.54, 1.807) is 0 Å². The van der Waals surface area contributed by atoms with Crippen LogP contribution in [0.1, 0.15) is 30.1 Å². The van der Waals surface area contributed by atoms with Crippen LogP contribution in [0.4, 0.5) is 4.39 Å². The lowest BCUT2D eigenvalue weighted by Gasteiger charge is -2.13. The topological polar surface area (TPSA) is 58.6 Å². The Hall–Kier alpha value is -1.62. The van der Waals surface area contributed by atoms with E-state index >= 15 is 0 Å². The van der Waals surface area contributed by atoms with Gasteiger partial charge < -0.3 is 15.2 Å². The molecule has 0 aliphatic rings. The SMILES string of the molecule is COc1cc(C(=O)NC(C)CCCO)ccc1F. The van der Waals surface area contributed by atoms with Gasteiger partial charge in [-0.15, -0.1) is 0 Å². The van der Waals surface area contributed by atoms with Gasteiger partial charge >= 0.3 is 0 Å². The first-order valence-corrected chi connectivity index (χ1v) is 5.83. The van der Waals surface area contributed by atoms with Crippen LogP contribution in [0, 0.1) is 5.82 Å². The Morgan fingerprint density at radius 3 is 2.89 bits per heavy atom. The molecule has 0 saturated carbocycles. The molecule has 0 bridgehead atoms. The fraction of sp³-hybridized carbons (Fsp3) is 0.462. The van der Waals surface area contributed by atoms with Gasteiger partial charge in [0.15, 0.2) is 11.6 Å². The number of benzene rings is 1. The van der Waals surface area contributed by atoms with E-state index in [0.717, 1.165) is 0 Å². The summed E-state index contributed by atoms with van der Waals surface area (Å²) in [6, 6.07) is 3.93. The summed E-state index contributed by atoms with van der Waals surface area (Å²) < 4.78 is 18.0. The number of aliphatic hydroxyl groups is 1. The summed E-state index contributed by atoms with van der Waals surface area (Å²) in [6.45, 7) is 1.96. The van der Waals surface area contributed by atoms with Crippen molar-refractivity contribution in [2.75, 3.05) is 13.7 Å². The van der Waals surface area contributed by atoms with Crippen LogP contribution in [-0.2, 0) is 0 Å². The lowest BCUT2D eigenvalue weighted by atomic mass is 10.1. The number of carbonyl (C=O) groups excluding carboxylic acids is 1. The highest BCUT2D eigenvalue weighted by Crippen LogP contribution is 2.18. The average molecular weight is 255 g/mol. The van der Waals surface area contributed by atoms with Crippen LogP contribution in [0.5, 0.6) is 5.75 Å². The number of ether oxygens (including phenoxy) is 1. The van der Waals surface area contributed by atoms with E-state index in [9.17, 15) is 9.18 Å². The number of hydrogen-bond donors (Lipinski definition) is 2. The van der Waals surface area contributed by atoms with Crippen LogP contribution in [0.15, 0.2) is 18.2 Å². The van der Waals surface area contributed by atoms with E-state index < -0.39 is 5.82 Å². The Kier molecular flexibility index (Phi) is 5.58.